The molecule has 4 rings (SSSR count). The van der Waals surface area contributed by atoms with Gasteiger partial charge in [0.25, 0.3) is 5.91 Å². The Bertz CT molecular complexity index is 717. The number of carbonyl (C=O) groups excluding carboxylic acids is 1. The summed E-state index contributed by atoms with van der Waals surface area (Å²) >= 11 is 0. The van der Waals surface area contributed by atoms with Crippen LogP contribution in [0.25, 0.3) is 0 Å². The number of aromatic nitrogens is 2. The number of amides is 1. The van der Waals surface area contributed by atoms with Crippen molar-refractivity contribution in [2.75, 3.05) is 24.6 Å². The summed E-state index contributed by atoms with van der Waals surface area (Å²) in [6.45, 7) is 6.63. The number of hydrogen-bond acceptors (Lipinski definition) is 6. The lowest BCUT2D eigenvalue weighted by molar-refractivity contribution is -0.0845. The standard InChI is InChI=1S/C20H31N5O2/c1-13-14(2)22-18(17(21)26)24-19(13)25-9-5-16(12-25)23-15-6-10-27-20(11-15)7-3-4-8-20/h15-16,23H,3-12H2,1-2H3,(H2,21,26)/t15?,16-/m1/s1. The van der Waals surface area contributed by atoms with Gasteiger partial charge in [-0.05, 0) is 46.0 Å². The van der Waals surface area contributed by atoms with E-state index in [0.29, 0.717) is 12.1 Å². The molecule has 3 N–H and O–H groups in total. The minimum absolute atomic E-state index is 0.108. The fourth-order valence-corrected chi connectivity index (χ4v) is 4.99. The first kappa shape index (κ1) is 18.6. The highest BCUT2D eigenvalue weighted by Gasteiger charge is 2.40. The van der Waals surface area contributed by atoms with Gasteiger partial charge in [0, 0.05) is 43.0 Å². The number of nitrogens with two attached hydrogens (primary N) is 1. The third kappa shape index (κ3) is 3.80. The lowest BCUT2D eigenvalue weighted by Gasteiger charge is -2.39. The number of ether oxygens (including phenoxy) is 1. The average molecular weight is 374 g/mol. The summed E-state index contributed by atoms with van der Waals surface area (Å²) in [5.41, 5.74) is 7.39. The maximum absolute atomic E-state index is 11.5. The van der Waals surface area contributed by atoms with Crippen molar-refractivity contribution in [3.63, 3.8) is 0 Å². The molecule has 7 heteroatoms. The molecule has 1 spiro atoms. The first-order valence-electron chi connectivity index (χ1n) is 10.3. The van der Waals surface area contributed by atoms with E-state index in [0.717, 1.165) is 56.0 Å². The normalized spacial score (nSPS) is 27.4. The van der Waals surface area contributed by atoms with Crippen molar-refractivity contribution in [3.8, 4) is 0 Å². The predicted octanol–water partition coefficient (Wildman–Crippen LogP) is 1.85. The van der Waals surface area contributed by atoms with Crippen LogP contribution in [0.15, 0.2) is 0 Å². The third-order valence-corrected chi connectivity index (χ3v) is 6.55. The SMILES string of the molecule is Cc1nc(C(N)=O)nc(N2CC[C@@H](NC3CCOC4(CCCC4)C3)C2)c1C. The number of anilines is 1. The van der Waals surface area contributed by atoms with E-state index in [1.165, 1.54) is 25.7 Å². The molecule has 2 aliphatic heterocycles. The van der Waals surface area contributed by atoms with Gasteiger partial charge in [0.05, 0.1) is 5.60 Å². The van der Waals surface area contributed by atoms with Crippen LogP contribution >= 0.6 is 0 Å². The summed E-state index contributed by atoms with van der Waals surface area (Å²) < 4.78 is 6.16. The quantitative estimate of drug-likeness (QED) is 0.837. The van der Waals surface area contributed by atoms with Crippen molar-refractivity contribution in [2.24, 2.45) is 5.73 Å². The number of carbonyl (C=O) groups is 1. The van der Waals surface area contributed by atoms with Gasteiger partial charge in [-0.15, -0.1) is 0 Å². The molecule has 3 fully saturated rings. The molecular weight excluding hydrogens is 342 g/mol. The van der Waals surface area contributed by atoms with Gasteiger partial charge in [-0.3, -0.25) is 4.79 Å². The summed E-state index contributed by atoms with van der Waals surface area (Å²) in [5, 5.41) is 3.88. The van der Waals surface area contributed by atoms with E-state index in [4.69, 9.17) is 10.5 Å². The molecule has 27 heavy (non-hydrogen) atoms. The monoisotopic (exact) mass is 373 g/mol. The molecule has 1 aromatic heterocycles. The zero-order chi connectivity index (χ0) is 19.0. The Hall–Kier alpha value is -1.73. The van der Waals surface area contributed by atoms with Gasteiger partial charge in [-0.25, -0.2) is 9.97 Å². The van der Waals surface area contributed by atoms with E-state index in [1.807, 2.05) is 13.8 Å². The van der Waals surface area contributed by atoms with Crippen LogP contribution in [0.3, 0.4) is 0 Å². The van der Waals surface area contributed by atoms with Crippen molar-refractivity contribution in [1.82, 2.24) is 15.3 Å². The smallest absolute Gasteiger partial charge is 0.286 e. The molecule has 2 atom stereocenters. The maximum Gasteiger partial charge on any atom is 0.286 e. The fourth-order valence-electron chi connectivity index (χ4n) is 4.99. The van der Waals surface area contributed by atoms with Crippen LogP contribution < -0.4 is 16.0 Å². The Morgan fingerprint density at radius 3 is 2.74 bits per heavy atom. The third-order valence-electron chi connectivity index (χ3n) is 6.55. The maximum atomic E-state index is 11.5. The van der Waals surface area contributed by atoms with Crippen LogP contribution in [0, 0.1) is 13.8 Å². The van der Waals surface area contributed by atoms with Gasteiger partial charge in [-0.2, -0.15) is 0 Å². The Morgan fingerprint density at radius 1 is 1.22 bits per heavy atom. The number of hydrogen-bond donors (Lipinski definition) is 2. The minimum atomic E-state index is -0.572. The van der Waals surface area contributed by atoms with E-state index < -0.39 is 5.91 Å². The molecule has 1 saturated carbocycles. The van der Waals surface area contributed by atoms with E-state index in [2.05, 4.69) is 20.2 Å². The van der Waals surface area contributed by atoms with Crippen LogP contribution in [0.1, 0.15) is 66.8 Å². The van der Waals surface area contributed by atoms with Crippen molar-refractivity contribution < 1.29 is 9.53 Å². The number of nitrogens with one attached hydrogen (secondary N) is 1. The zero-order valence-corrected chi connectivity index (χ0v) is 16.5. The molecule has 1 aromatic rings. The van der Waals surface area contributed by atoms with Crippen LogP contribution in [0.5, 0.6) is 0 Å². The fraction of sp³-hybridized carbons (Fsp3) is 0.750. The summed E-state index contributed by atoms with van der Waals surface area (Å²) in [4.78, 5) is 22.5. The molecule has 2 saturated heterocycles. The van der Waals surface area contributed by atoms with Gasteiger partial charge >= 0.3 is 0 Å². The van der Waals surface area contributed by atoms with E-state index >= 15 is 0 Å². The van der Waals surface area contributed by atoms with Crippen molar-refractivity contribution in [2.45, 2.75) is 76.5 Å². The van der Waals surface area contributed by atoms with Crippen molar-refractivity contribution >= 4 is 11.7 Å². The average Bonchev–Trinajstić information content (AvgIpc) is 3.27. The van der Waals surface area contributed by atoms with Gasteiger partial charge in [0.2, 0.25) is 5.82 Å². The Kier molecular flexibility index (Phi) is 5.07. The van der Waals surface area contributed by atoms with Gasteiger partial charge < -0.3 is 20.7 Å². The van der Waals surface area contributed by atoms with E-state index in [1.54, 1.807) is 0 Å². The topological polar surface area (TPSA) is 93.4 Å². The largest absolute Gasteiger partial charge is 0.375 e. The van der Waals surface area contributed by atoms with Crippen molar-refractivity contribution in [3.05, 3.63) is 17.1 Å². The summed E-state index contributed by atoms with van der Waals surface area (Å²) in [7, 11) is 0. The first-order valence-corrected chi connectivity index (χ1v) is 10.3. The number of primary amides is 1. The highest BCUT2D eigenvalue weighted by molar-refractivity contribution is 5.89. The Balaban J connectivity index is 1.41. The number of rotatable bonds is 4. The lowest BCUT2D eigenvalue weighted by Crippen LogP contribution is -2.49. The highest BCUT2D eigenvalue weighted by Crippen LogP contribution is 2.40. The summed E-state index contributed by atoms with van der Waals surface area (Å²) in [6, 6.07) is 0.981. The second kappa shape index (κ2) is 7.36. The second-order valence-electron chi connectivity index (χ2n) is 8.47. The van der Waals surface area contributed by atoms with Crippen LogP contribution in [0.2, 0.25) is 0 Å². The molecule has 148 valence electrons. The molecule has 7 nitrogen and oxygen atoms in total. The molecule has 1 aliphatic carbocycles. The van der Waals surface area contributed by atoms with Crippen LogP contribution in [0.4, 0.5) is 5.82 Å². The second-order valence-corrected chi connectivity index (χ2v) is 8.47. The zero-order valence-electron chi connectivity index (χ0n) is 16.5. The molecule has 3 heterocycles. The Labute approximate surface area is 161 Å². The molecule has 3 aliphatic rings. The number of nitrogens with zero attached hydrogens (tertiary/aromatic N) is 3. The van der Waals surface area contributed by atoms with Gasteiger partial charge in [0.1, 0.15) is 5.82 Å². The summed E-state index contributed by atoms with van der Waals surface area (Å²) in [5.74, 6) is 0.384. The lowest BCUT2D eigenvalue weighted by atomic mass is 9.88. The predicted molar refractivity (Wildman–Crippen MR) is 104 cm³/mol. The molecule has 0 radical (unpaired) electrons. The summed E-state index contributed by atoms with van der Waals surface area (Å²) in [6.07, 6.45) is 8.36. The van der Waals surface area contributed by atoms with Gasteiger partial charge in [-0.1, -0.05) is 12.8 Å². The van der Waals surface area contributed by atoms with E-state index in [9.17, 15) is 4.79 Å². The van der Waals surface area contributed by atoms with E-state index in [-0.39, 0.29) is 11.4 Å². The minimum Gasteiger partial charge on any atom is -0.375 e. The highest BCUT2D eigenvalue weighted by atomic mass is 16.5. The number of aryl methyl sites for hydroxylation is 1. The molecule has 1 amide bonds. The molecule has 0 aromatic carbocycles. The van der Waals surface area contributed by atoms with Crippen molar-refractivity contribution in [1.29, 1.82) is 0 Å². The first-order chi connectivity index (χ1) is 13.0. The van der Waals surface area contributed by atoms with Crippen LogP contribution in [-0.2, 0) is 4.74 Å². The van der Waals surface area contributed by atoms with Crippen LogP contribution in [-0.4, -0.2) is 53.3 Å². The van der Waals surface area contributed by atoms with Gasteiger partial charge in [0.15, 0.2) is 0 Å². The molecular formula is C20H31N5O2. The molecule has 0 bridgehead atoms. The Morgan fingerprint density at radius 2 is 2.00 bits per heavy atom. The molecule has 1 unspecified atom stereocenters.